The fourth-order valence-corrected chi connectivity index (χ4v) is 1.00. The molecule has 0 fully saturated rings. The summed E-state index contributed by atoms with van der Waals surface area (Å²) in [5.41, 5.74) is 2.22. The number of H-pyrrole nitrogens is 1. The number of aromatic amines is 1. The van der Waals surface area contributed by atoms with Crippen LogP contribution in [0.3, 0.4) is 0 Å². The van der Waals surface area contributed by atoms with E-state index in [1.165, 1.54) is 0 Å². The van der Waals surface area contributed by atoms with Gasteiger partial charge in [-0.3, -0.25) is 0 Å². The van der Waals surface area contributed by atoms with Gasteiger partial charge >= 0.3 is 5.82 Å². The molecule has 0 aliphatic carbocycles. The molecule has 0 bridgehead atoms. The average molecular weight is 147 g/mol. The van der Waals surface area contributed by atoms with Gasteiger partial charge in [0.25, 0.3) is 0 Å². The lowest BCUT2D eigenvalue weighted by Crippen LogP contribution is -1.69. The van der Waals surface area contributed by atoms with Crippen LogP contribution in [0.1, 0.15) is 18.1 Å². The van der Waals surface area contributed by atoms with E-state index in [0.29, 0.717) is 0 Å². The van der Waals surface area contributed by atoms with E-state index in [4.69, 9.17) is 6.57 Å². The Balaban J connectivity index is 3.20. The first-order chi connectivity index (χ1) is 5.29. The molecule has 1 N–H and O–H groups in total. The summed E-state index contributed by atoms with van der Waals surface area (Å²) in [6, 6.07) is 0. The molecule has 1 heterocycles. The number of hydrogen-bond acceptors (Lipinski definition) is 0. The first kappa shape index (κ1) is 7.62. The smallest absolute Gasteiger partial charge is 0.232 e. The van der Waals surface area contributed by atoms with Gasteiger partial charge in [-0.15, -0.1) is 0 Å². The van der Waals surface area contributed by atoms with Gasteiger partial charge < -0.3 is 0 Å². The second-order valence-corrected chi connectivity index (χ2v) is 2.36. The molecule has 0 atom stereocenters. The van der Waals surface area contributed by atoms with Gasteiger partial charge in [0, 0.05) is 5.56 Å². The van der Waals surface area contributed by atoms with Crippen LogP contribution < -0.4 is 0 Å². The molecule has 1 aromatic rings. The first-order valence-corrected chi connectivity index (χ1v) is 3.51. The first-order valence-electron chi connectivity index (χ1n) is 3.51. The maximum absolute atomic E-state index is 5.15. The van der Waals surface area contributed by atoms with Crippen LogP contribution in [-0.4, -0.2) is 4.98 Å². The summed E-state index contributed by atoms with van der Waals surface area (Å²) in [5, 5.41) is 0. The van der Waals surface area contributed by atoms with Crippen LogP contribution in [0, 0.1) is 13.5 Å². The topological polar surface area (TPSA) is 20.1 Å². The summed E-state index contributed by atoms with van der Waals surface area (Å²) in [6.07, 6.45) is 5.84. The molecule has 0 aliphatic rings. The lowest BCUT2D eigenvalue weighted by Gasteiger charge is -1.82. The molecule has 11 heavy (non-hydrogen) atoms. The number of nitrogens with zero attached hydrogens (tertiary/aromatic N) is 1. The zero-order valence-electron chi connectivity index (χ0n) is 6.76. The van der Waals surface area contributed by atoms with E-state index in [-0.39, 0.29) is 0 Å². The third-order valence-corrected chi connectivity index (χ3v) is 1.57. The molecule has 2 nitrogen and oxygen atoms in total. The Morgan fingerprint density at radius 3 is 2.91 bits per heavy atom. The standard InChI is InChI=1S/C9H11N2/c1-4-5-8-7(2)6-11-9(8)10-3/h3-6,11H,1-2H3/q+1/b5-4-. The van der Waals surface area contributed by atoms with E-state index in [9.17, 15) is 0 Å². The maximum Gasteiger partial charge on any atom is 0.390 e. The summed E-state index contributed by atoms with van der Waals surface area (Å²) >= 11 is 0. The average Bonchev–Trinajstić information content (AvgIpc) is 2.34. The molecule has 0 saturated heterocycles. The summed E-state index contributed by atoms with van der Waals surface area (Å²) in [7, 11) is 0. The van der Waals surface area contributed by atoms with Crippen LogP contribution in [0.2, 0.25) is 0 Å². The van der Waals surface area contributed by atoms with Gasteiger partial charge in [-0.05, 0) is 19.9 Å². The van der Waals surface area contributed by atoms with E-state index in [0.717, 1.165) is 16.9 Å². The van der Waals surface area contributed by atoms with Crippen LogP contribution in [-0.2, 0) is 0 Å². The van der Waals surface area contributed by atoms with Crippen molar-refractivity contribution >= 4 is 11.9 Å². The predicted molar refractivity (Wildman–Crippen MR) is 48.2 cm³/mol. The van der Waals surface area contributed by atoms with Crippen molar-refractivity contribution in [1.82, 2.24) is 4.98 Å². The summed E-state index contributed by atoms with van der Waals surface area (Å²) < 4.78 is 0. The van der Waals surface area contributed by atoms with Crippen LogP contribution in [0.25, 0.3) is 10.9 Å². The number of aromatic nitrogens is 1. The minimum absolute atomic E-state index is 0.737. The lowest BCUT2D eigenvalue weighted by atomic mass is 10.2. The highest BCUT2D eigenvalue weighted by Gasteiger charge is 2.10. The Bertz CT molecular complexity index is 313. The molecule has 1 rings (SSSR count). The van der Waals surface area contributed by atoms with Gasteiger partial charge in [0.05, 0.1) is 11.8 Å². The van der Waals surface area contributed by atoms with Crippen molar-refractivity contribution in [3.8, 4) is 6.57 Å². The van der Waals surface area contributed by atoms with Crippen molar-refractivity contribution in [3.05, 3.63) is 28.2 Å². The molecular weight excluding hydrogens is 136 g/mol. The van der Waals surface area contributed by atoms with Crippen LogP contribution >= 0.6 is 0 Å². The quantitative estimate of drug-likeness (QED) is 0.630. The molecule has 0 unspecified atom stereocenters. The van der Waals surface area contributed by atoms with Crippen molar-refractivity contribution in [2.24, 2.45) is 0 Å². The van der Waals surface area contributed by atoms with Crippen LogP contribution in [0.4, 0.5) is 5.82 Å². The monoisotopic (exact) mass is 147 g/mol. The molecule has 0 aromatic carbocycles. The molecule has 56 valence electrons. The molecule has 0 saturated carbocycles. The Hall–Kier alpha value is -1.49. The van der Waals surface area contributed by atoms with Crippen molar-refractivity contribution < 1.29 is 0 Å². The highest BCUT2D eigenvalue weighted by molar-refractivity contribution is 5.67. The Morgan fingerprint density at radius 2 is 2.36 bits per heavy atom. The van der Waals surface area contributed by atoms with Crippen molar-refractivity contribution in [2.45, 2.75) is 13.8 Å². The lowest BCUT2D eigenvalue weighted by molar-refractivity contribution is 1.40. The summed E-state index contributed by atoms with van der Waals surface area (Å²) in [6.45, 7) is 9.13. The number of hydrogen-bond donors (Lipinski definition) is 1. The minimum atomic E-state index is 0.737. The van der Waals surface area contributed by atoms with E-state index >= 15 is 0 Å². The molecule has 0 spiro atoms. The molecule has 0 amide bonds. The zero-order chi connectivity index (χ0) is 8.27. The Morgan fingerprint density at radius 1 is 1.64 bits per heavy atom. The normalized spacial score (nSPS) is 10.3. The number of allylic oxidation sites excluding steroid dienone is 1. The summed E-state index contributed by atoms with van der Waals surface area (Å²) in [5.74, 6) is 0.737. The molecule has 0 aliphatic heterocycles. The maximum atomic E-state index is 5.15. The number of nitrogens with one attached hydrogen (secondary N) is 1. The number of aryl methyl sites for hydroxylation is 1. The van der Waals surface area contributed by atoms with E-state index in [1.54, 1.807) is 0 Å². The van der Waals surface area contributed by atoms with Crippen LogP contribution in [0.15, 0.2) is 12.3 Å². The van der Waals surface area contributed by atoms with Gasteiger partial charge in [0.2, 0.25) is 0 Å². The fraction of sp³-hybridized carbons (Fsp3) is 0.222. The van der Waals surface area contributed by atoms with Gasteiger partial charge in [-0.2, -0.15) is 4.85 Å². The molecular formula is C9H11N2+. The number of rotatable bonds is 1. The third kappa shape index (κ3) is 1.32. The van der Waals surface area contributed by atoms with Crippen molar-refractivity contribution in [1.29, 1.82) is 0 Å². The van der Waals surface area contributed by atoms with E-state index < -0.39 is 0 Å². The second kappa shape index (κ2) is 3.07. The van der Waals surface area contributed by atoms with Crippen molar-refractivity contribution in [2.75, 3.05) is 0 Å². The SMILES string of the molecule is C#[N+]c1[nH]cc(C)c1/C=C\C. The fourth-order valence-electron chi connectivity index (χ4n) is 1.00. The van der Waals surface area contributed by atoms with E-state index in [2.05, 4.69) is 9.83 Å². The van der Waals surface area contributed by atoms with Crippen molar-refractivity contribution in [3.63, 3.8) is 0 Å². The van der Waals surface area contributed by atoms with Gasteiger partial charge in [0.1, 0.15) is 6.57 Å². The second-order valence-electron chi connectivity index (χ2n) is 2.36. The molecule has 1 aromatic heterocycles. The molecule has 0 radical (unpaired) electrons. The van der Waals surface area contributed by atoms with Gasteiger partial charge in [0.15, 0.2) is 0 Å². The third-order valence-electron chi connectivity index (χ3n) is 1.57. The highest BCUT2D eigenvalue weighted by atomic mass is 14.9. The minimum Gasteiger partial charge on any atom is -0.232 e. The predicted octanol–water partition coefficient (Wildman–Crippen LogP) is 2.95. The van der Waals surface area contributed by atoms with Crippen LogP contribution in [0.5, 0.6) is 0 Å². The summed E-state index contributed by atoms with van der Waals surface area (Å²) in [4.78, 5) is 6.57. The van der Waals surface area contributed by atoms with Gasteiger partial charge in [-0.25, -0.2) is 4.98 Å². The largest absolute Gasteiger partial charge is 0.390 e. The Labute approximate surface area is 66.4 Å². The highest BCUT2D eigenvalue weighted by Crippen LogP contribution is 2.22. The Kier molecular flexibility index (Phi) is 2.12. The van der Waals surface area contributed by atoms with Gasteiger partial charge in [-0.1, -0.05) is 6.08 Å². The molecule has 2 heteroatoms. The van der Waals surface area contributed by atoms with E-state index in [1.807, 2.05) is 32.2 Å². The zero-order valence-corrected chi connectivity index (χ0v) is 6.76.